The second-order valence-corrected chi connectivity index (χ2v) is 6.60. The fourth-order valence-electron chi connectivity index (χ4n) is 3.03. The van der Waals surface area contributed by atoms with Crippen LogP contribution in [0, 0.1) is 0 Å². The first-order valence-electron chi connectivity index (χ1n) is 7.18. The molecule has 1 aromatic rings. The summed E-state index contributed by atoms with van der Waals surface area (Å²) in [7, 11) is 0. The lowest BCUT2D eigenvalue weighted by Crippen LogP contribution is -2.41. The van der Waals surface area contributed by atoms with Gasteiger partial charge in [0.1, 0.15) is 11.9 Å². The Morgan fingerprint density at radius 1 is 1.32 bits per heavy atom. The van der Waals surface area contributed by atoms with Crippen LogP contribution >= 0.6 is 11.5 Å². The molecule has 3 aliphatic rings. The van der Waals surface area contributed by atoms with Crippen LogP contribution in [0.4, 0.5) is 0 Å². The van der Waals surface area contributed by atoms with Crippen molar-refractivity contribution in [2.75, 3.05) is 19.7 Å². The monoisotopic (exact) mass is 281 g/mol. The average molecular weight is 281 g/mol. The van der Waals surface area contributed by atoms with Gasteiger partial charge in [-0.25, -0.2) is 0 Å². The lowest BCUT2D eigenvalue weighted by atomic mass is 9.89. The van der Waals surface area contributed by atoms with Crippen molar-refractivity contribution in [1.29, 1.82) is 0 Å². The van der Waals surface area contributed by atoms with E-state index < -0.39 is 0 Å². The summed E-state index contributed by atoms with van der Waals surface area (Å²) in [5.74, 6) is 1.58. The molecule has 1 spiro atoms. The summed E-state index contributed by atoms with van der Waals surface area (Å²) in [4.78, 5) is 4.49. The summed E-state index contributed by atoms with van der Waals surface area (Å²) < 4.78 is 16.4. The van der Waals surface area contributed by atoms with E-state index in [0.717, 1.165) is 43.4 Å². The Bertz CT molecular complexity index is 454. The largest absolute Gasteiger partial charge is 0.463 e. The summed E-state index contributed by atoms with van der Waals surface area (Å²) in [6.07, 6.45) is 5.80. The lowest BCUT2D eigenvalue weighted by Gasteiger charge is -2.32. The van der Waals surface area contributed by atoms with Crippen LogP contribution < -0.4 is 10.1 Å². The van der Waals surface area contributed by atoms with Gasteiger partial charge in [-0.3, -0.25) is 0 Å². The molecule has 1 aliphatic carbocycles. The molecule has 0 radical (unpaired) electrons. The zero-order valence-corrected chi connectivity index (χ0v) is 11.7. The van der Waals surface area contributed by atoms with E-state index in [-0.39, 0.29) is 11.7 Å². The standard InChI is InChI=1S/C13H19N3O2S/c1-2-9(1)11-15-12(19-16-11)18-10-7-13(17-8-10)3-5-14-6-4-13/h9-10,14H,1-8H2. The van der Waals surface area contributed by atoms with Crippen LogP contribution in [-0.4, -0.2) is 40.8 Å². The van der Waals surface area contributed by atoms with Crippen LogP contribution in [0.2, 0.25) is 0 Å². The second kappa shape index (κ2) is 4.68. The SMILES string of the molecule is C1CC2(CCN1)CC(Oc1nc(C3CC3)ns1)CO2. The van der Waals surface area contributed by atoms with Gasteiger partial charge in [0.25, 0.3) is 5.19 Å². The van der Waals surface area contributed by atoms with Gasteiger partial charge in [-0.05, 0) is 38.8 Å². The van der Waals surface area contributed by atoms with Crippen molar-refractivity contribution in [3.63, 3.8) is 0 Å². The molecule has 2 aliphatic heterocycles. The number of hydrogen-bond acceptors (Lipinski definition) is 6. The number of nitrogens with zero attached hydrogens (tertiary/aromatic N) is 2. The van der Waals surface area contributed by atoms with Gasteiger partial charge in [0.15, 0.2) is 0 Å². The Hall–Kier alpha value is -0.720. The van der Waals surface area contributed by atoms with Crippen LogP contribution in [-0.2, 0) is 4.74 Å². The van der Waals surface area contributed by atoms with E-state index in [1.807, 2.05) is 0 Å². The van der Waals surface area contributed by atoms with Crippen LogP contribution in [0.25, 0.3) is 0 Å². The molecule has 19 heavy (non-hydrogen) atoms. The van der Waals surface area contributed by atoms with Crippen molar-refractivity contribution >= 4 is 11.5 Å². The lowest BCUT2D eigenvalue weighted by molar-refractivity contribution is -0.0205. The molecule has 1 aromatic heterocycles. The van der Waals surface area contributed by atoms with E-state index in [4.69, 9.17) is 9.47 Å². The maximum Gasteiger partial charge on any atom is 0.293 e. The highest BCUT2D eigenvalue weighted by molar-refractivity contribution is 7.07. The average Bonchev–Trinajstić information content (AvgIpc) is 3.07. The highest BCUT2D eigenvalue weighted by atomic mass is 32.1. The number of hydrogen-bond donors (Lipinski definition) is 1. The van der Waals surface area contributed by atoms with Gasteiger partial charge in [-0.15, -0.1) is 0 Å². The third-order valence-corrected chi connectivity index (χ3v) is 4.95. The van der Waals surface area contributed by atoms with Crippen molar-refractivity contribution in [2.45, 2.75) is 49.7 Å². The van der Waals surface area contributed by atoms with E-state index in [1.54, 1.807) is 0 Å². The van der Waals surface area contributed by atoms with Crippen molar-refractivity contribution in [3.8, 4) is 5.19 Å². The number of ether oxygens (including phenoxy) is 2. The van der Waals surface area contributed by atoms with Gasteiger partial charge in [0.05, 0.1) is 12.2 Å². The maximum atomic E-state index is 6.02. The topological polar surface area (TPSA) is 56.3 Å². The molecule has 1 N–H and O–H groups in total. The first kappa shape index (κ1) is 12.1. The Morgan fingerprint density at radius 2 is 2.16 bits per heavy atom. The molecular weight excluding hydrogens is 262 g/mol. The van der Waals surface area contributed by atoms with Crippen LogP contribution in [0.3, 0.4) is 0 Å². The Kier molecular flexibility index (Phi) is 2.97. The van der Waals surface area contributed by atoms with E-state index in [2.05, 4.69) is 14.7 Å². The first-order chi connectivity index (χ1) is 9.33. The quantitative estimate of drug-likeness (QED) is 0.914. The smallest absolute Gasteiger partial charge is 0.293 e. The zero-order chi connectivity index (χ0) is 12.7. The molecule has 0 aromatic carbocycles. The van der Waals surface area contributed by atoms with E-state index in [1.165, 1.54) is 24.4 Å². The molecule has 1 saturated carbocycles. The Balaban J connectivity index is 1.37. The van der Waals surface area contributed by atoms with E-state index >= 15 is 0 Å². The Labute approximate surface area is 116 Å². The highest BCUT2D eigenvalue weighted by Crippen LogP contribution is 2.40. The molecule has 5 nitrogen and oxygen atoms in total. The van der Waals surface area contributed by atoms with Gasteiger partial charge in [0, 0.05) is 23.9 Å². The van der Waals surface area contributed by atoms with Gasteiger partial charge >= 0.3 is 0 Å². The fraction of sp³-hybridized carbons (Fsp3) is 0.846. The van der Waals surface area contributed by atoms with Crippen molar-refractivity contribution in [1.82, 2.24) is 14.7 Å². The third kappa shape index (κ3) is 2.49. The molecule has 3 heterocycles. The molecule has 6 heteroatoms. The molecule has 1 atom stereocenters. The minimum Gasteiger partial charge on any atom is -0.463 e. The summed E-state index contributed by atoms with van der Waals surface area (Å²) in [5.41, 5.74) is 0.0555. The van der Waals surface area contributed by atoms with E-state index in [9.17, 15) is 0 Å². The summed E-state index contributed by atoms with van der Waals surface area (Å²) in [6.45, 7) is 2.80. The summed E-state index contributed by atoms with van der Waals surface area (Å²) in [5, 5.41) is 4.11. The Morgan fingerprint density at radius 3 is 2.95 bits per heavy atom. The van der Waals surface area contributed by atoms with Crippen LogP contribution in [0.15, 0.2) is 0 Å². The second-order valence-electron chi connectivity index (χ2n) is 5.88. The molecule has 0 bridgehead atoms. The van der Waals surface area contributed by atoms with Crippen molar-refractivity contribution in [3.05, 3.63) is 5.82 Å². The molecule has 4 rings (SSSR count). The van der Waals surface area contributed by atoms with Gasteiger partial charge in [-0.2, -0.15) is 9.36 Å². The minimum atomic E-state index is 0.0555. The number of nitrogens with one attached hydrogen (secondary N) is 1. The van der Waals surface area contributed by atoms with Crippen molar-refractivity contribution < 1.29 is 9.47 Å². The predicted octanol–water partition coefficient (Wildman–Crippen LogP) is 1.71. The molecule has 0 amide bonds. The molecule has 1 unspecified atom stereocenters. The molecular formula is C13H19N3O2S. The highest BCUT2D eigenvalue weighted by Gasteiger charge is 2.42. The van der Waals surface area contributed by atoms with Crippen LogP contribution in [0.5, 0.6) is 5.19 Å². The molecule has 104 valence electrons. The summed E-state index contributed by atoms with van der Waals surface area (Å²) >= 11 is 1.39. The maximum absolute atomic E-state index is 6.02. The van der Waals surface area contributed by atoms with Gasteiger partial charge in [0.2, 0.25) is 0 Å². The predicted molar refractivity (Wildman–Crippen MR) is 71.7 cm³/mol. The van der Waals surface area contributed by atoms with Gasteiger partial charge < -0.3 is 14.8 Å². The number of rotatable bonds is 3. The first-order valence-corrected chi connectivity index (χ1v) is 7.95. The fourth-order valence-corrected chi connectivity index (χ4v) is 3.70. The van der Waals surface area contributed by atoms with E-state index in [0.29, 0.717) is 12.5 Å². The third-order valence-electron chi connectivity index (χ3n) is 4.32. The number of aromatic nitrogens is 2. The minimum absolute atomic E-state index is 0.0555. The number of piperidine rings is 1. The molecule has 3 fully saturated rings. The summed E-state index contributed by atoms with van der Waals surface area (Å²) in [6, 6.07) is 0. The van der Waals surface area contributed by atoms with Gasteiger partial charge in [-0.1, -0.05) is 0 Å². The van der Waals surface area contributed by atoms with Crippen LogP contribution in [0.1, 0.15) is 43.8 Å². The zero-order valence-electron chi connectivity index (χ0n) is 10.9. The van der Waals surface area contributed by atoms with Crippen molar-refractivity contribution in [2.24, 2.45) is 0 Å². The molecule has 2 saturated heterocycles. The normalized spacial score (nSPS) is 29.8.